The molecule has 2 amide bonds. The Bertz CT molecular complexity index is 885. The summed E-state index contributed by atoms with van der Waals surface area (Å²) in [5.41, 5.74) is 13.2. The van der Waals surface area contributed by atoms with Crippen molar-refractivity contribution in [1.82, 2.24) is 4.98 Å². The summed E-state index contributed by atoms with van der Waals surface area (Å²) in [7, 11) is 0. The van der Waals surface area contributed by atoms with Gasteiger partial charge in [-0.3, -0.25) is 9.59 Å². The second-order valence-electron chi connectivity index (χ2n) is 5.80. The molecule has 0 radical (unpaired) electrons. The fraction of sp³-hybridized carbons (Fsp3) is 0.211. The summed E-state index contributed by atoms with van der Waals surface area (Å²) in [6.07, 6.45) is 0.283. The van der Waals surface area contributed by atoms with Gasteiger partial charge in [-0.25, -0.2) is 4.98 Å². The molecule has 0 aliphatic heterocycles. The quantitative estimate of drug-likeness (QED) is 0.672. The van der Waals surface area contributed by atoms with E-state index in [-0.39, 0.29) is 31.8 Å². The molecule has 6 nitrogen and oxygen atoms in total. The largest absolute Gasteiger partial charge is 0.370 e. The molecule has 128 valence electrons. The molecule has 3 aromatic rings. The Morgan fingerprint density at radius 2 is 1.48 bits per heavy atom. The van der Waals surface area contributed by atoms with Crippen LogP contribution in [0, 0.1) is 0 Å². The molecule has 0 saturated carbocycles. The molecule has 3 rings (SSSR count). The minimum absolute atomic E-state index is 0.0846. The second-order valence-corrected chi connectivity index (χ2v) is 5.80. The number of aromatic nitrogens is 1. The van der Waals surface area contributed by atoms with Crippen molar-refractivity contribution < 1.29 is 9.59 Å². The molecule has 0 unspecified atom stereocenters. The summed E-state index contributed by atoms with van der Waals surface area (Å²) < 4.78 is 0. The fourth-order valence-electron chi connectivity index (χ4n) is 2.95. The molecule has 0 aliphatic carbocycles. The van der Waals surface area contributed by atoms with E-state index in [1.807, 2.05) is 48.5 Å². The van der Waals surface area contributed by atoms with Crippen LogP contribution in [0.15, 0.2) is 48.5 Å². The topological polar surface area (TPSA) is 102 Å². The summed E-state index contributed by atoms with van der Waals surface area (Å²) in [5, 5.41) is 1.71. The van der Waals surface area contributed by atoms with Crippen molar-refractivity contribution in [3.05, 3.63) is 48.5 Å². The van der Waals surface area contributed by atoms with Gasteiger partial charge in [0, 0.05) is 36.7 Å². The third-order valence-electron chi connectivity index (χ3n) is 4.07. The number of carbonyl (C=O) groups is 2. The minimum atomic E-state index is -0.451. The van der Waals surface area contributed by atoms with Gasteiger partial charge in [-0.1, -0.05) is 36.4 Å². The van der Waals surface area contributed by atoms with Gasteiger partial charge >= 0.3 is 0 Å². The van der Waals surface area contributed by atoms with E-state index in [0.29, 0.717) is 0 Å². The Hall–Kier alpha value is -2.99. The molecule has 0 saturated heterocycles. The lowest BCUT2D eigenvalue weighted by molar-refractivity contribution is -0.119. The second kappa shape index (κ2) is 7.27. The van der Waals surface area contributed by atoms with Crippen molar-refractivity contribution in [2.24, 2.45) is 11.5 Å². The van der Waals surface area contributed by atoms with E-state index < -0.39 is 5.91 Å². The van der Waals surface area contributed by atoms with Crippen molar-refractivity contribution in [2.45, 2.75) is 12.8 Å². The van der Waals surface area contributed by atoms with Gasteiger partial charge < -0.3 is 16.4 Å². The van der Waals surface area contributed by atoms with Crippen LogP contribution in [0.5, 0.6) is 0 Å². The average Bonchev–Trinajstić information content (AvgIpc) is 2.61. The Morgan fingerprint density at radius 1 is 0.920 bits per heavy atom. The van der Waals surface area contributed by atoms with Crippen LogP contribution >= 0.6 is 0 Å². The highest BCUT2D eigenvalue weighted by molar-refractivity contribution is 6.13. The van der Waals surface area contributed by atoms with Crippen LogP contribution in [0.4, 0.5) is 5.69 Å². The fourth-order valence-corrected chi connectivity index (χ4v) is 2.95. The number of rotatable bonds is 6. The highest BCUT2D eigenvalue weighted by atomic mass is 16.2. The molecule has 4 N–H and O–H groups in total. The van der Waals surface area contributed by atoms with Gasteiger partial charge in [-0.05, 0) is 12.1 Å². The van der Waals surface area contributed by atoms with Gasteiger partial charge in [0.05, 0.1) is 16.7 Å². The van der Waals surface area contributed by atoms with Crippen LogP contribution in [-0.2, 0) is 9.59 Å². The third-order valence-corrected chi connectivity index (χ3v) is 4.07. The highest BCUT2D eigenvalue weighted by Crippen LogP contribution is 2.34. The number of pyridine rings is 1. The van der Waals surface area contributed by atoms with Gasteiger partial charge in [-0.15, -0.1) is 0 Å². The standard InChI is InChI=1S/C19H20N4O2/c20-11-9-18(25)23(12-10-17(21)24)19-13-5-1-3-7-15(13)22-16-8-4-2-6-14(16)19/h1-8H,9-12,20H2,(H2,21,24). The van der Waals surface area contributed by atoms with Gasteiger partial charge in [0.25, 0.3) is 0 Å². The molecular weight excluding hydrogens is 316 g/mol. The summed E-state index contributed by atoms with van der Waals surface area (Å²) in [6.45, 7) is 0.457. The first-order chi connectivity index (χ1) is 12.1. The van der Waals surface area contributed by atoms with Crippen LogP contribution in [0.3, 0.4) is 0 Å². The molecule has 0 aliphatic rings. The SMILES string of the molecule is NCCC(=O)N(CCC(N)=O)c1c2ccccc2nc2ccccc12. The molecule has 2 aromatic carbocycles. The van der Waals surface area contributed by atoms with Crippen molar-refractivity contribution in [3.63, 3.8) is 0 Å². The Morgan fingerprint density at radius 3 is 2.00 bits per heavy atom. The zero-order chi connectivity index (χ0) is 17.8. The number of benzene rings is 2. The lowest BCUT2D eigenvalue weighted by atomic mass is 10.1. The van der Waals surface area contributed by atoms with E-state index in [1.54, 1.807) is 4.90 Å². The first-order valence-corrected chi connectivity index (χ1v) is 8.18. The molecule has 0 atom stereocenters. The number of hydrogen-bond acceptors (Lipinski definition) is 4. The number of hydrogen-bond donors (Lipinski definition) is 2. The summed E-state index contributed by atoms with van der Waals surface area (Å²) in [4.78, 5) is 30.3. The monoisotopic (exact) mass is 336 g/mol. The minimum Gasteiger partial charge on any atom is -0.370 e. The van der Waals surface area contributed by atoms with Crippen LogP contribution < -0.4 is 16.4 Å². The smallest absolute Gasteiger partial charge is 0.228 e. The van der Waals surface area contributed by atoms with Crippen molar-refractivity contribution in [2.75, 3.05) is 18.0 Å². The van der Waals surface area contributed by atoms with E-state index in [1.165, 1.54) is 0 Å². The zero-order valence-corrected chi connectivity index (χ0v) is 13.8. The number of primary amides is 1. The Kier molecular flexibility index (Phi) is 4.90. The van der Waals surface area contributed by atoms with Gasteiger partial charge in [-0.2, -0.15) is 0 Å². The number of para-hydroxylation sites is 2. The molecule has 6 heteroatoms. The van der Waals surface area contributed by atoms with Crippen LogP contribution in [-0.4, -0.2) is 29.9 Å². The van der Waals surface area contributed by atoms with Crippen molar-refractivity contribution >= 4 is 39.3 Å². The number of anilines is 1. The van der Waals surface area contributed by atoms with Crippen LogP contribution in [0.25, 0.3) is 21.8 Å². The van der Waals surface area contributed by atoms with Gasteiger partial charge in [0.15, 0.2) is 0 Å². The Balaban J connectivity index is 2.25. The van der Waals surface area contributed by atoms with Crippen molar-refractivity contribution in [3.8, 4) is 0 Å². The summed E-state index contributed by atoms with van der Waals surface area (Å²) in [6, 6.07) is 15.3. The van der Waals surface area contributed by atoms with E-state index in [4.69, 9.17) is 11.5 Å². The number of carbonyl (C=O) groups excluding carboxylic acids is 2. The average molecular weight is 336 g/mol. The molecule has 1 aromatic heterocycles. The molecule has 0 bridgehead atoms. The molecule has 25 heavy (non-hydrogen) atoms. The summed E-state index contributed by atoms with van der Waals surface area (Å²) in [5.74, 6) is -0.585. The number of fused-ring (bicyclic) bond motifs is 2. The summed E-state index contributed by atoms with van der Waals surface area (Å²) >= 11 is 0. The van der Waals surface area contributed by atoms with Crippen LogP contribution in [0.2, 0.25) is 0 Å². The Labute approximate surface area is 145 Å². The zero-order valence-electron chi connectivity index (χ0n) is 13.8. The maximum atomic E-state index is 12.7. The van der Waals surface area contributed by atoms with Gasteiger partial charge in [0.2, 0.25) is 11.8 Å². The van der Waals surface area contributed by atoms with E-state index in [2.05, 4.69) is 4.98 Å². The van der Waals surface area contributed by atoms with Crippen LogP contribution in [0.1, 0.15) is 12.8 Å². The molecule has 0 spiro atoms. The van der Waals surface area contributed by atoms with Crippen molar-refractivity contribution in [1.29, 1.82) is 0 Å². The lowest BCUT2D eigenvalue weighted by Gasteiger charge is -2.25. The van der Waals surface area contributed by atoms with Gasteiger partial charge in [0.1, 0.15) is 0 Å². The normalized spacial score (nSPS) is 10.9. The highest BCUT2D eigenvalue weighted by Gasteiger charge is 2.21. The maximum absolute atomic E-state index is 12.7. The van der Waals surface area contributed by atoms with E-state index in [9.17, 15) is 9.59 Å². The van der Waals surface area contributed by atoms with E-state index in [0.717, 1.165) is 27.5 Å². The maximum Gasteiger partial charge on any atom is 0.228 e. The number of nitrogens with zero attached hydrogens (tertiary/aromatic N) is 2. The lowest BCUT2D eigenvalue weighted by Crippen LogP contribution is -2.35. The first kappa shape index (κ1) is 16.9. The predicted octanol–water partition coefficient (Wildman–Crippen LogP) is 1.95. The number of amides is 2. The van der Waals surface area contributed by atoms with E-state index >= 15 is 0 Å². The predicted molar refractivity (Wildman–Crippen MR) is 99.1 cm³/mol. The molecular formula is C19H20N4O2. The number of nitrogens with two attached hydrogens (primary N) is 2. The molecule has 0 fully saturated rings. The molecule has 1 heterocycles. The third kappa shape index (κ3) is 3.44. The first-order valence-electron chi connectivity index (χ1n) is 8.18.